The molecule has 22 heavy (non-hydrogen) atoms. The number of hydrogen-bond donors (Lipinski definition) is 1. The van der Waals surface area contributed by atoms with E-state index in [1.54, 1.807) is 0 Å². The topological polar surface area (TPSA) is 55.0 Å². The van der Waals surface area contributed by atoms with Gasteiger partial charge in [-0.2, -0.15) is 0 Å². The Morgan fingerprint density at radius 3 is 2.41 bits per heavy atom. The molecular weight excluding hydrogens is 272 g/mol. The highest BCUT2D eigenvalue weighted by atomic mass is 15.3. The lowest BCUT2D eigenvalue weighted by Crippen LogP contribution is -2.37. The molecule has 0 spiro atoms. The number of piperidine rings is 1. The summed E-state index contributed by atoms with van der Waals surface area (Å²) in [5, 5.41) is 0. The average Bonchev–Trinajstić information content (AvgIpc) is 2.55. The van der Waals surface area contributed by atoms with Crippen molar-refractivity contribution in [3.8, 4) is 11.3 Å². The van der Waals surface area contributed by atoms with Gasteiger partial charge in [0, 0.05) is 24.3 Å². The second-order valence-electron chi connectivity index (χ2n) is 6.23. The number of rotatable bonds is 3. The van der Waals surface area contributed by atoms with Gasteiger partial charge in [0.15, 0.2) is 0 Å². The molecule has 1 aromatic carbocycles. The maximum Gasteiger partial charge on any atom is 0.226 e. The van der Waals surface area contributed by atoms with Gasteiger partial charge in [0.05, 0.1) is 5.69 Å². The number of nitrogens with two attached hydrogens (primary N) is 1. The lowest BCUT2D eigenvalue weighted by atomic mass is 9.97. The van der Waals surface area contributed by atoms with Crippen LogP contribution in [0.2, 0.25) is 0 Å². The Kier molecular flexibility index (Phi) is 4.39. The number of nitrogens with zero attached hydrogens (tertiary/aromatic N) is 3. The molecule has 1 aliphatic rings. The molecule has 0 radical (unpaired) electrons. The summed E-state index contributed by atoms with van der Waals surface area (Å²) in [6.45, 7) is 6.92. The highest BCUT2D eigenvalue weighted by Crippen LogP contribution is 2.24. The minimum atomic E-state index is 0.651. The summed E-state index contributed by atoms with van der Waals surface area (Å²) in [7, 11) is 0. The summed E-state index contributed by atoms with van der Waals surface area (Å²) in [5.74, 6) is 1.50. The van der Waals surface area contributed by atoms with E-state index in [9.17, 15) is 0 Å². The van der Waals surface area contributed by atoms with Crippen molar-refractivity contribution in [3.63, 3.8) is 0 Å². The lowest BCUT2D eigenvalue weighted by Gasteiger charge is -2.31. The fourth-order valence-electron chi connectivity index (χ4n) is 2.94. The predicted molar refractivity (Wildman–Crippen MR) is 90.9 cm³/mol. The Balaban J connectivity index is 1.85. The van der Waals surface area contributed by atoms with E-state index in [0.717, 1.165) is 55.4 Å². The van der Waals surface area contributed by atoms with Gasteiger partial charge in [0.2, 0.25) is 5.95 Å². The molecule has 4 heteroatoms. The van der Waals surface area contributed by atoms with E-state index in [-0.39, 0.29) is 0 Å². The Labute approximate surface area is 132 Å². The maximum atomic E-state index is 5.77. The van der Waals surface area contributed by atoms with Crippen molar-refractivity contribution in [2.45, 2.75) is 26.7 Å². The largest absolute Gasteiger partial charge is 0.341 e. The number of hydrogen-bond acceptors (Lipinski definition) is 4. The van der Waals surface area contributed by atoms with Crippen LogP contribution in [0.25, 0.3) is 11.3 Å². The van der Waals surface area contributed by atoms with Crippen LogP contribution < -0.4 is 10.6 Å². The third-order valence-corrected chi connectivity index (χ3v) is 4.42. The zero-order chi connectivity index (χ0) is 15.5. The minimum absolute atomic E-state index is 0.651. The Hall–Kier alpha value is -1.94. The van der Waals surface area contributed by atoms with Gasteiger partial charge in [-0.05, 0) is 45.2 Å². The molecule has 0 atom stereocenters. The first-order valence-corrected chi connectivity index (χ1v) is 8.03. The van der Waals surface area contributed by atoms with Gasteiger partial charge >= 0.3 is 0 Å². The molecule has 0 saturated carbocycles. The van der Waals surface area contributed by atoms with Crippen molar-refractivity contribution in [2.75, 3.05) is 24.5 Å². The van der Waals surface area contributed by atoms with Crippen LogP contribution in [-0.2, 0) is 0 Å². The molecule has 1 fully saturated rings. The molecule has 116 valence electrons. The van der Waals surface area contributed by atoms with Crippen molar-refractivity contribution < 1.29 is 0 Å². The molecule has 0 bridgehead atoms. The van der Waals surface area contributed by atoms with Crippen LogP contribution in [0, 0.1) is 19.8 Å². The zero-order valence-electron chi connectivity index (χ0n) is 13.4. The van der Waals surface area contributed by atoms with Crippen LogP contribution in [0.5, 0.6) is 0 Å². The van der Waals surface area contributed by atoms with E-state index in [4.69, 9.17) is 10.7 Å². The standard InChI is InChI=1S/C18H24N4/c1-13-3-5-16(6-4-13)17-11-14(2)20-18(21-17)22-9-7-15(12-19)8-10-22/h3-6,11,15H,7-10,12,19H2,1-2H3. The molecule has 3 rings (SSSR count). The molecule has 1 aliphatic heterocycles. The van der Waals surface area contributed by atoms with Crippen molar-refractivity contribution in [1.82, 2.24) is 9.97 Å². The van der Waals surface area contributed by atoms with Crippen LogP contribution >= 0.6 is 0 Å². The fraction of sp³-hybridized carbons (Fsp3) is 0.444. The number of aryl methyl sites for hydroxylation is 2. The van der Waals surface area contributed by atoms with Crippen molar-refractivity contribution in [2.24, 2.45) is 11.7 Å². The van der Waals surface area contributed by atoms with E-state index in [1.165, 1.54) is 5.56 Å². The smallest absolute Gasteiger partial charge is 0.226 e. The zero-order valence-corrected chi connectivity index (χ0v) is 13.4. The SMILES string of the molecule is Cc1ccc(-c2cc(C)nc(N3CCC(CN)CC3)n2)cc1. The van der Waals surface area contributed by atoms with E-state index in [2.05, 4.69) is 47.1 Å². The minimum Gasteiger partial charge on any atom is -0.341 e. The Morgan fingerprint density at radius 2 is 1.77 bits per heavy atom. The van der Waals surface area contributed by atoms with Gasteiger partial charge in [0.25, 0.3) is 0 Å². The molecular formula is C18H24N4. The first kappa shape index (κ1) is 15.0. The molecule has 2 heterocycles. The van der Waals surface area contributed by atoms with Gasteiger partial charge in [-0.25, -0.2) is 9.97 Å². The highest BCUT2D eigenvalue weighted by Gasteiger charge is 2.20. The van der Waals surface area contributed by atoms with Crippen LogP contribution in [-0.4, -0.2) is 29.6 Å². The summed E-state index contributed by atoms with van der Waals surface area (Å²) in [4.78, 5) is 11.7. The Morgan fingerprint density at radius 1 is 1.09 bits per heavy atom. The third-order valence-electron chi connectivity index (χ3n) is 4.42. The van der Waals surface area contributed by atoms with Gasteiger partial charge in [-0.1, -0.05) is 29.8 Å². The van der Waals surface area contributed by atoms with E-state index in [0.29, 0.717) is 5.92 Å². The van der Waals surface area contributed by atoms with Crippen LogP contribution in [0.1, 0.15) is 24.1 Å². The van der Waals surface area contributed by atoms with E-state index < -0.39 is 0 Å². The fourth-order valence-corrected chi connectivity index (χ4v) is 2.94. The number of anilines is 1. The molecule has 2 N–H and O–H groups in total. The molecule has 0 amide bonds. The second-order valence-corrected chi connectivity index (χ2v) is 6.23. The first-order valence-electron chi connectivity index (χ1n) is 8.03. The molecule has 0 unspecified atom stereocenters. The molecule has 4 nitrogen and oxygen atoms in total. The van der Waals surface area contributed by atoms with E-state index in [1.807, 2.05) is 6.92 Å². The average molecular weight is 296 g/mol. The maximum absolute atomic E-state index is 5.77. The quantitative estimate of drug-likeness (QED) is 0.946. The van der Waals surface area contributed by atoms with Crippen molar-refractivity contribution in [1.29, 1.82) is 0 Å². The summed E-state index contributed by atoms with van der Waals surface area (Å²) in [5.41, 5.74) is 10.2. The summed E-state index contributed by atoms with van der Waals surface area (Å²) in [6.07, 6.45) is 2.27. The van der Waals surface area contributed by atoms with Crippen molar-refractivity contribution >= 4 is 5.95 Å². The predicted octanol–water partition coefficient (Wildman–Crippen LogP) is 2.94. The molecule has 1 aromatic heterocycles. The van der Waals surface area contributed by atoms with Crippen LogP contribution in [0.4, 0.5) is 5.95 Å². The normalized spacial score (nSPS) is 16.0. The lowest BCUT2D eigenvalue weighted by molar-refractivity contribution is 0.411. The summed E-state index contributed by atoms with van der Waals surface area (Å²) < 4.78 is 0. The van der Waals surface area contributed by atoms with Gasteiger partial charge in [0.1, 0.15) is 0 Å². The molecule has 0 aliphatic carbocycles. The Bertz CT molecular complexity index is 628. The third kappa shape index (κ3) is 3.28. The summed E-state index contributed by atoms with van der Waals surface area (Å²) in [6, 6.07) is 10.6. The van der Waals surface area contributed by atoms with Gasteiger partial charge in [-0.15, -0.1) is 0 Å². The monoisotopic (exact) mass is 296 g/mol. The van der Waals surface area contributed by atoms with Crippen LogP contribution in [0.15, 0.2) is 30.3 Å². The van der Waals surface area contributed by atoms with Gasteiger partial charge in [-0.3, -0.25) is 0 Å². The first-order chi connectivity index (χ1) is 10.7. The summed E-state index contributed by atoms with van der Waals surface area (Å²) >= 11 is 0. The van der Waals surface area contributed by atoms with Crippen LogP contribution in [0.3, 0.4) is 0 Å². The highest BCUT2D eigenvalue weighted by molar-refractivity contribution is 5.61. The second kappa shape index (κ2) is 6.44. The number of benzene rings is 1. The van der Waals surface area contributed by atoms with Gasteiger partial charge < -0.3 is 10.6 Å². The van der Waals surface area contributed by atoms with Crippen molar-refractivity contribution in [3.05, 3.63) is 41.6 Å². The number of aromatic nitrogens is 2. The van der Waals surface area contributed by atoms with E-state index >= 15 is 0 Å². The molecule has 1 saturated heterocycles. The molecule has 2 aromatic rings.